The van der Waals surface area contributed by atoms with Gasteiger partial charge in [-0.2, -0.15) is 0 Å². The Morgan fingerprint density at radius 3 is 2.61 bits per heavy atom. The van der Waals surface area contributed by atoms with Gasteiger partial charge in [0.05, 0.1) is 24.3 Å². The maximum atomic E-state index is 13.7. The molecule has 172 valence electrons. The van der Waals surface area contributed by atoms with Crippen LogP contribution in [-0.2, 0) is 9.53 Å². The summed E-state index contributed by atoms with van der Waals surface area (Å²) in [7, 11) is 0. The molecule has 0 bridgehead atoms. The lowest BCUT2D eigenvalue weighted by Gasteiger charge is -2.25. The lowest BCUT2D eigenvalue weighted by atomic mass is 9.84. The Labute approximate surface area is 192 Å². The van der Waals surface area contributed by atoms with Crippen LogP contribution in [0.3, 0.4) is 0 Å². The third-order valence-electron chi connectivity index (χ3n) is 6.12. The molecule has 0 amide bonds. The van der Waals surface area contributed by atoms with E-state index in [0.29, 0.717) is 22.6 Å². The van der Waals surface area contributed by atoms with Gasteiger partial charge in [-0.05, 0) is 66.1 Å². The number of pyridine rings is 1. The van der Waals surface area contributed by atoms with Gasteiger partial charge < -0.3 is 14.9 Å². The van der Waals surface area contributed by atoms with Crippen molar-refractivity contribution in [2.45, 2.75) is 50.2 Å². The van der Waals surface area contributed by atoms with Crippen molar-refractivity contribution >= 4 is 16.9 Å². The number of aliphatic hydroxyl groups excluding tert-OH is 2. The predicted molar refractivity (Wildman–Crippen MR) is 125 cm³/mol. The third-order valence-corrected chi connectivity index (χ3v) is 6.12. The monoisotopic (exact) mass is 449 g/mol. The summed E-state index contributed by atoms with van der Waals surface area (Å²) in [4.78, 5) is 17.6. The van der Waals surface area contributed by atoms with Crippen LogP contribution in [0, 0.1) is 5.82 Å². The van der Waals surface area contributed by atoms with Crippen LogP contribution in [0.2, 0.25) is 0 Å². The largest absolute Gasteiger partial charge is 0.465 e. The van der Waals surface area contributed by atoms with E-state index in [2.05, 4.69) is 23.7 Å². The summed E-state index contributed by atoms with van der Waals surface area (Å²) in [5.74, 6) is -1.51. The fourth-order valence-electron chi connectivity index (χ4n) is 4.27. The summed E-state index contributed by atoms with van der Waals surface area (Å²) >= 11 is 0. The van der Waals surface area contributed by atoms with E-state index in [1.54, 1.807) is 25.3 Å². The number of aromatic nitrogens is 1. The fraction of sp³-hybridized carbons (Fsp3) is 0.333. The molecule has 1 aliphatic rings. The first-order valence-corrected chi connectivity index (χ1v) is 11.3. The summed E-state index contributed by atoms with van der Waals surface area (Å²) in [6.07, 6.45) is 2.91. The van der Waals surface area contributed by atoms with Gasteiger partial charge in [-0.25, -0.2) is 4.39 Å². The van der Waals surface area contributed by atoms with Crippen LogP contribution < -0.4 is 0 Å². The van der Waals surface area contributed by atoms with Gasteiger partial charge in [-0.15, -0.1) is 6.58 Å². The summed E-state index contributed by atoms with van der Waals surface area (Å²) in [5.41, 5.74) is 3.85. The first-order chi connectivity index (χ1) is 15.9. The van der Waals surface area contributed by atoms with Crippen molar-refractivity contribution in [1.82, 2.24) is 4.98 Å². The zero-order valence-corrected chi connectivity index (χ0v) is 18.6. The Hall–Kier alpha value is -3.09. The van der Waals surface area contributed by atoms with Gasteiger partial charge in [-0.1, -0.05) is 30.3 Å². The molecule has 0 saturated heterocycles. The Morgan fingerprint density at radius 2 is 1.97 bits per heavy atom. The number of carbonyl (C=O) groups is 1. The van der Waals surface area contributed by atoms with E-state index in [9.17, 15) is 19.4 Å². The molecule has 0 spiro atoms. The van der Waals surface area contributed by atoms with Gasteiger partial charge in [0.1, 0.15) is 11.7 Å². The number of esters is 1. The van der Waals surface area contributed by atoms with Gasteiger partial charge in [0, 0.05) is 18.0 Å². The topological polar surface area (TPSA) is 79.7 Å². The van der Waals surface area contributed by atoms with E-state index >= 15 is 0 Å². The minimum atomic E-state index is -1.23. The maximum Gasteiger partial charge on any atom is 0.316 e. The van der Waals surface area contributed by atoms with Crippen molar-refractivity contribution in [2.24, 2.45) is 0 Å². The highest BCUT2D eigenvalue weighted by Gasteiger charge is 2.34. The Kier molecular flexibility index (Phi) is 6.86. The lowest BCUT2D eigenvalue weighted by Crippen LogP contribution is -2.31. The van der Waals surface area contributed by atoms with E-state index in [4.69, 9.17) is 4.74 Å². The molecule has 0 radical (unpaired) electrons. The average molecular weight is 450 g/mol. The normalized spacial score (nSPS) is 16.2. The van der Waals surface area contributed by atoms with Crippen molar-refractivity contribution in [3.05, 3.63) is 78.3 Å². The number of hydrogen-bond acceptors (Lipinski definition) is 5. The smallest absolute Gasteiger partial charge is 0.316 e. The molecule has 2 aromatic carbocycles. The van der Waals surface area contributed by atoms with E-state index in [1.807, 2.05) is 6.07 Å². The molecule has 1 saturated carbocycles. The summed E-state index contributed by atoms with van der Waals surface area (Å²) < 4.78 is 19.0. The number of ether oxygens (including phenoxy) is 1. The number of halogens is 1. The number of aliphatic hydroxyl groups is 2. The first kappa shape index (κ1) is 23.1. The van der Waals surface area contributed by atoms with Crippen LogP contribution in [0.4, 0.5) is 4.39 Å². The molecule has 1 fully saturated rings. The number of hydrogen-bond donors (Lipinski definition) is 2. The number of carbonyl (C=O) groups excluding carboxylic acids is 1. The number of nitrogens with zero attached hydrogens (tertiary/aromatic N) is 1. The standard InChI is InChI=1S/C27H28FNO4/c1-3-20(30)14-24(31)26(27(32)33-4-2)22-15-29-23-13-18(16-5-6-16)9-12-21(23)25(22)17-7-10-19(28)11-8-17/h3,7-13,15-16,20,24,26,30-31H,1,4-6,14H2,2H3. The van der Waals surface area contributed by atoms with E-state index < -0.39 is 24.1 Å². The van der Waals surface area contributed by atoms with Crippen LogP contribution in [0.25, 0.3) is 22.0 Å². The first-order valence-electron chi connectivity index (χ1n) is 11.3. The molecule has 6 heteroatoms. The highest BCUT2D eigenvalue weighted by molar-refractivity contribution is 5.98. The summed E-state index contributed by atoms with van der Waals surface area (Å²) in [6.45, 7) is 5.38. The van der Waals surface area contributed by atoms with Gasteiger partial charge >= 0.3 is 5.97 Å². The third kappa shape index (κ3) is 4.97. The highest BCUT2D eigenvalue weighted by Crippen LogP contribution is 2.43. The Morgan fingerprint density at radius 1 is 1.24 bits per heavy atom. The summed E-state index contributed by atoms with van der Waals surface area (Å²) in [5, 5.41) is 21.8. The molecule has 5 nitrogen and oxygen atoms in total. The zero-order valence-electron chi connectivity index (χ0n) is 18.6. The average Bonchev–Trinajstić information content (AvgIpc) is 3.65. The molecule has 3 unspecified atom stereocenters. The quantitative estimate of drug-likeness (QED) is 0.360. The molecule has 4 rings (SSSR count). The molecule has 3 aromatic rings. The van der Waals surface area contributed by atoms with E-state index in [-0.39, 0.29) is 18.8 Å². The molecule has 0 aliphatic heterocycles. The van der Waals surface area contributed by atoms with Crippen LogP contribution in [-0.4, -0.2) is 40.0 Å². The molecule has 33 heavy (non-hydrogen) atoms. The van der Waals surface area contributed by atoms with Gasteiger partial charge in [-0.3, -0.25) is 9.78 Å². The van der Waals surface area contributed by atoms with Crippen molar-refractivity contribution in [1.29, 1.82) is 0 Å². The zero-order chi connectivity index (χ0) is 23.5. The maximum absolute atomic E-state index is 13.7. The molecular weight excluding hydrogens is 421 g/mol. The molecule has 1 aromatic heterocycles. The van der Waals surface area contributed by atoms with Gasteiger partial charge in [0.15, 0.2) is 0 Å². The van der Waals surface area contributed by atoms with Crippen molar-refractivity contribution in [3.8, 4) is 11.1 Å². The van der Waals surface area contributed by atoms with Crippen molar-refractivity contribution < 1.29 is 24.1 Å². The molecular formula is C27H28FNO4. The molecule has 3 atom stereocenters. The van der Waals surface area contributed by atoms with Crippen molar-refractivity contribution in [2.75, 3.05) is 6.61 Å². The Bertz CT molecular complexity index is 1160. The second kappa shape index (κ2) is 9.81. The molecule has 1 aliphatic carbocycles. The fourth-order valence-corrected chi connectivity index (χ4v) is 4.27. The lowest BCUT2D eigenvalue weighted by molar-refractivity contribution is -0.148. The number of rotatable bonds is 9. The van der Waals surface area contributed by atoms with Crippen molar-refractivity contribution in [3.63, 3.8) is 0 Å². The van der Waals surface area contributed by atoms with E-state index in [1.165, 1.54) is 23.8 Å². The van der Waals surface area contributed by atoms with Crippen LogP contribution in [0.15, 0.2) is 61.3 Å². The SMILES string of the molecule is C=CC(O)CC(O)C(C(=O)OCC)c1cnc2cc(C3CC3)ccc2c1-c1ccc(F)cc1. The van der Waals surface area contributed by atoms with Gasteiger partial charge in [0.25, 0.3) is 0 Å². The summed E-state index contributed by atoms with van der Waals surface area (Å²) in [6, 6.07) is 12.1. The molecule has 1 heterocycles. The highest BCUT2D eigenvalue weighted by atomic mass is 19.1. The second-order valence-corrected chi connectivity index (χ2v) is 8.48. The van der Waals surface area contributed by atoms with Gasteiger partial charge in [0.2, 0.25) is 0 Å². The minimum Gasteiger partial charge on any atom is -0.465 e. The number of fused-ring (bicyclic) bond motifs is 1. The second-order valence-electron chi connectivity index (χ2n) is 8.48. The Balaban J connectivity index is 1.91. The molecule has 2 N–H and O–H groups in total. The van der Waals surface area contributed by atoms with Crippen LogP contribution >= 0.6 is 0 Å². The number of benzene rings is 2. The predicted octanol–water partition coefficient (Wildman–Crippen LogP) is 4.86. The van der Waals surface area contributed by atoms with Crippen LogP contribution in [0.5, 0.6) is 0 Å². The minimum absolute atomic E-state index is 0.0888. The van der Waals surface area contributed by atoms with E-state index in [0.717, 1.165) is 23.7 Å². The van der Waals surface area contributed by atoms with Crippen LogP contribution in [0.1, 0.15) is 49.1 Å².